The molecule has 3 aromatic carbocycles. The Bertz CT molecular complexity index is 1410. The summed E-state index contributed by atoms with van der Waals surface area (Å²) in [5, 5.41) is 20.7. The van der Waals surface area contributed by atoms with E-state index in [0.717, 1.165) is 5.56 Å². The van der Waals surface area contributed by atoms with Crippen molar-refractivity contribution in [2.75, 3.05) is 16.8 Å². The third-order valence-electron chi connectivity index (χ3n) is 5.94. The molecule has 36 heavy (non-hydrogen) atoms. The molecule has 8 nitrogen and oxygen atoms in total. The summed E-state index contributed by atoms with van der Waals surface area (Å²) in [6.07, 6.45) is 1.37. The molecule has 1 atom stereocenters. The van der Waals surface area contributed by atoms with E-state index in [0.29, 0.717) is 29.2 Å². The number of nitrogens with one attached hydrogen (secondary N) is 2. The molecule has 0 fully saturated rings. The fraction of sp³-hybridized carbons (Fsp3) is 0.107. The van der Waals surface area contributed by atoms with E-state index >= 15 is 0 Å². The van der Waals surface area contributed by atoms with Gasteiger partial charge >= 0.3 is 0 Å². The molecule has 3 N–H and O–H groups in total. The number of anilines is 2. The van der Waals surface area contributed by atoms with Crippen LogP contribution in [0.4, 0.5) is 11.5 Å². The summed E-state index contributed by atoms with van der Waals surface area (Å²) in [4.78, 5) is 28.0. The zero-order chi connectivity index (χ0) is 25.1. The van der Waals surface area contributed by atoms with E-state index in [1.807, 2.05) is 67.6 Å². The number of H-pyrrole nitrogens is 1. The minimum Gasteiger partial charge on any atom is -0.503 e. The Labute approximate surface area is 207 Å². The largest absolute Gasteiger partial charge is 0.503 e. The van der Waals surface area contributed by atoms with Gasteiger partial charge in [0.15, 0.2) is 5.76 Å². The molecule has 0 aliphatic carbocycles. The van der Waals surface area contributed by atoms with E-state index in [4.69, 9.17) is 4.74 Å². The second-order valence-corrected chi connectivity index (χ2v) is 8.16. The van der Waals surface area contributed by atoms with E-state index in [2.05, 4.69) is 15.5 Å². The number of amides is 2. The molecule has 0 saturated carbocycles. The minimum atomic E-state index is -0.668. The topological polar surface area (TPSA) is 108 Å². The van der Waals surface area contributed by atoms with Gasteiger partial charge in [-0.3, -0.25) is 19.6 Å². The van der Waals surface area contributed by atoms with Gasteiger partial charge < -0.3 is 15.2 Å². The number of aromatic nitrogens is 2. The summed E-state index contributed by atoms with van der Waals surface area (Å²) < 4.78 is 5.45. The second-order valence-electron chi connectivity index (χ2n) is 8.16. The number of nitrogens with zero attached hydrogens (tertiary/aromatic N) is 2. The number of rotatable bonds is 7. The molecule has 5 rings (SSSR count). The SMILES string of the molecule is CCOc1ccc(NC(=O)c2cn[nH]c2N2C(=O)C(O)=C(c3ccccc3)C2c2ccccc2)cc1. The zero-order valence-electron chi connectivity index (χ0n) is 19.5. The van der Waals surface area contributed by atoms with Crippen molar-refractivity contribution in [3.63, 3.8) is 0 Å². The van der Waals surface area contributed by atoms with Crippen LogP contribution in [0.2, 0.25) is 0 Å². The van der Waals surface area contributed by atoms with Gasteiger partial charge in [0.1, 0.15) is 17.1 Å². The van der Waals surface area contributed by atoms with Crippen molar-refractivity contribution in [2.24, 2.45) is 0 Å². The highest BCUT2D eigenvalue weighted by Crippen LogP contribution is 2.45. The van der Waals surface area contributed by atoms with Gasteiger partial charge in [0.2, 0.25) is 0 Å². The van der Waals surface area contributed by atoms with E-state index in [-0.39, 0.29) is 17.1 Å². The van der Waals surface area contributed by atoms with Gasteiger partial charge in [-0.2, -0.15) is 5.10 Å². The fourth-order valence-electron chi connectivity index (χ4n) is 4.33. The number of carbonyl (C=O) groups is 2. The van der Waals surface area contributed by atoms with Crippen molar-refractivity contribution in [1.82, 2.24) is 10.2 Å². The van der Waals surface area contributed by atoms with Gasteiger partial charge in [-0.25, -0.2) is 0 Å². The van der Waals surface area contributed by atoms with Crippen molar-refractivity contribution >= 4 is 28.9 Å². The molecule has 4 aromatic rings. The van der Waals surface area contributed by atoms with E-state index in [1.165, 1.54) is 11.1 Å². The standard InChI is InChI=1S/C28H24N4O4/c1-2-36-21-15-13-20(14-16-21)30-27(34)22-17-29-31-26(22)32-24(19-11-7-4-8-12-19)23(25(33)28(32)35)18-9-5-3-6-10-18/h3-17,24,33H,2H2,1H3,(H,29,31)(H,30,34). The van der Waals surface area contributed by atoms with Crippen LogP contribution in [0.5, 0.6) is 5.75 Å². The normalized spacial score (nSPS) is 15.3. The van der Waals surface area contributed by atoms with Crippen LogP contribution in [0.15, 0.2) is 96.9 Å². The summed E-state index contributed by atoms with van der Waals surface area (Å²) in [7, 11) is 0. The van der Waals surface area contributed by atoms with Crippen LogP contribution in [0, 0.1) is 0 Å². The van der Waals surface area contributed by atoms with E-state index < -0.39 is 17.9 Å². The Morgan fingerprint density at radius 3 is 2.36 bits per heavy atom. The lowest BCUT2D eigenvalue weighted by molar-refractivity contribution is -0.117. The minimum absolute atomic E-state index is 0.167. The Kier molecular flexibility index (Phi) is 6.23. The first-order valence-corrected chi connectivity index (χ1v) is 11.5. The number of carbonyl (C=O) groups excluding carboxylic acids is 2. The average Bonchev–Trinajstić information content (AvgIpc) is 3.49. The number of aliphatic hydroxyl groups is 1. The molecular weight excluding hydrogens is 456 g/mol. The molecule has 0 saturated heterocycles. The predicted octanol–water partition coefficient (Wildman–Crippen LogP) is 5.12. The lowest BCUT2D eigenvalue weighted by atomic mass is 9.93. The van der Waals surface area contributed by atoms with Crippen LogP contribution in [-0.2, 0) is 4.79 Å². The highest BCUT2D eigenvalue weighted by atomic mass is 16.5. The van der Waals surface area contributed by atoms with Crippen molar-refractivity contribution < 1.29 is 19.4 Å². The predicted molar refractivity (Wildman–Crippen MR) is 137 cm³/mol. The number of hydrogen-bond acceptors (Lipinski definition) is 5. The second kappa shape index (κ2) is 9.79. The number of ether oxygens (including phenoxy) is 1. The molecule has 1 aliphatic heterocycles. The summed E-state index contributed by atoms with van der Waals surface area (Å²) in [6.45, 7) is 2.44. The molecule has 1 aromatic heterocycles. The molecular formula is C28H24N4O4. The number of aromatic amines is 1. The first kappa shape index (κ1) is 22.9. The molecule has 0 radical (unpaired) electrons. The third-order valence-corrected chi connectivity index (χ3v) is 5.94. The van der Waals surface area contributed by atoms with Crippen molar-refractivity contribution in [3.05, 3.63) is 114 Å². The van der Waals surface area contributed by atoms with Gasteiger partial charge in [-0.1, -0.05) is 60.7 Å². The zero-order valence-corrected chi connectivity index (χ0v) is 19.5. The monoisotopic (exact) mass is 480 g/mol. The lowest BCUT2D eigenvalue weighted by Gasteiger charge is -2.26. The first-order valence-electron chi connectivity index (χ1n) is 11.5. The summed E-state index contributed by atoms with van der Waals surface area (Å²) >= 11 is 0. The average molecular weight is 481 g/mol. The highest BCUT2D eigenvalue weighted by Gasteiger charge is 2.44. The Hall–Kier alpha value is -4.85. The molecule has 2 amide bonds. The molecule has 2 heterocycles. The van der Waals surface area contributed by atoms with E-state index in [1.54, 1.807) is 24.3 Å². The van der Waals surface area contributed by atoms with Crippen molar-refractivity contribution in [1.29, 1.82) is 0 Å². The molecule has 180 valence electrons. The van der Waals surface area contributed by atoms with Gasteiger partial charge in [0, 0.05) is 11.3 Å². The number of aliphatic hydroxyl groups excluding tert-OH is 1. The highest BCUT2D eigenvalue weighted by molar-refractivity contribution is 6.18. The third kappa shape index (κ3) is 4.20. The molecule has 1 aliphatic rings. The Morgan fingerprint density at radius 1 is 1.03 bits per heavy atom. The van der Waals surface area contributed by atoms with Crippen LogP contribution in [0.25, 0.3) is 5.57 Å². The van der Waals surface area contributed by atoms with E-state index in [9.17, 15) is 14.7 Å². The summed E-state index contributed by atoms with van der Waals surface area (Å²) in [5.41, 5.74) is 2.68. The number of benzene rings is 3. The maximum atomic E-state index is 13.4. The summed E-state index contributed by atoms with van der Waals surface area (Å²) in [6, 6.07) is 24.9. The quantitative estimate of drug-likeness (QED) is 0.340. The molecule has 1 unspecified atom stereocenters. The van der Waals surface area contributed by atoms with Crippen molar-refractivity contribution in [2.45, 2.75) is 13.0 Å². The maximum Gasteiger partial charge on any atom is 0.295 e. The van der Waals surface area contributed by atoms with Crippen LogP contribution in [0.3, 0.4) is 0 Å². The fourth-order valence-corrected chi connectivity index (χ4v) is 4.33. The van der Waals surface area contributed by atoms with Crippen LogP contribution >= 0.6 is 0 Å². The van der Waals surface area contributed by atoms with Crippen LogP contribution < -0.4 is 15.0 Å². The van der Waals surface area contributed by atoms with Gasteiger partial charge in [-0.15, -0.1) is 0 Å². The van der Waals surface area contributed by atoms with Crippen LogP contribution in [-0.4, -0.2) is 33.7 Å². The smallest absolute Gasteiger partial charge is 0.295 e. The molecule has 8 heteroatoms. The molecule has 0 spiro atoms. The van der Waals surface area contributed by atoms with Gasteiger partial charge in [0.25, 0.3) is 11.8 Å². The molecule has 0 bridgehead atoms. The van der Waals surface area contributed by atoms with Crippen LogP contribution in [0.1, 0.15) is 34.5 Å². The first-order chi connectivity index (χ1) is 17.6. The Balaban J connectivity index is 1.52. The van der Waals surface area contributed by atoms with Gasteiger partial charge in [-0.05, 0) is 42.3 Å². The Morgan fingerprint density at radius 2 is 1.69 bits per heavy atom. The van der Waals surface area contributed by atoms with Gasteiger partial charge in [0.05, 0.1) is 18.8 Å². The lowest BCUT2D eigenvalue weighted by Crippen LogP contribution is -2.32. The maximum absolute atomic E-state index is 13.4. The number of hydrogen-bond donors (Lipinski definition) is 3. The van der Waals surface area contributed by atoms with Crippen molar-refractivity contribution in [3.8, 4) is 5.75 Å². The summed E-state index contributed by atoms with van der Waals surface area (Å²) in [5.74, 6) is -0.558.